The van der Waals surface area contributed by atoms with Gasteiger partial charge in [-0.25, -0.2) is 0 Å². The molecular weight excluding hydrogens is 164 g/mol. The second-order valence-corrected chi connectivity index (χ2v) is 2.97. The Morgan fingerprint density at radius 3 is 2.85 bits per heavy atom. The molecule has 0 fully saturated rings. The predicted octanol–water partition coefficient (Wildman–Crippen LogP) is 2.27. The van der Waals surface area contributed by atoms with Gasteiger partial charge in [-0.2, -0.15) is 0 Å². The zero-order valence-corrected chi connectivity index (χ0v) is 7.58. The smallest absolute Gasteiger partial charge is 0.307 e. The Kier molecular flexibility index (Phi) is 2.85. The maximum atomic E-state index is 10.4. The first-order chi connectivity index (χ1) is 6.13. The normalized spacial score (nSPS) is 9.62. The lowest BCUT2D eigenvalue weighted by Gasteiger charge is -2.02. The van der Waals surface area contributed by atoms with E-state index in [9.17, 15) is 4.79 Å². The Hall–Kier alpha value is -1.57. The largest absolute Gasteiger partial charge is 0.481 e. The first-order valence-electron chi connectivity index (χ1n) is 4.07. The van der Waals surface area contributed by atoms with Crippen molar-refractivity contribution in [3.05, 3.63) is 41.5 Å². The molecule has 68 valence electrons. The maximum absolute atomic E-state index is 10.4. The fourth-order valence-electron chi connectivity index (χ4n) is 1.19. The van der Waals surface area contributed by atoms with Crippen molar-refractivity contribution in [1.29, 1.82) is 0 Å². The van der Waals surface area contributed by atoms with Gasteiger partial charge in [-0.05, 0) is 23.6 Å². The van der Waals surface area contributed by atoms with Crippen LogP contribution in [0.3, 0.4) is 0 Å². The molecule has 0 saturated carbocycles. The molecule has 1 N–H and O–H groups in total. The Balaban J connectivity index is 2.99. The number of carboxylic acid groups (broad SMARTS) is 1. The van der Waals surface area contributed by atoms with Crippen LogP contribution in [-0.4, -0.2) is 11.1 Å². The number of benzene rings is 1. The van der Waals surface area contributed by atoms with E-state index in [-0.39, 0.29) is 6.42 Å². The van der Waals surface area contributed by atoms with Crippen molar-refractivity contribution >= 4 is 12.0 Å². The molecule has 0 aliphatic rings. The van der Waals surface area contributed by atoms with Crippen LogP contribution in [0.25, 0.3) is 6.08 Å². The van der Waals surface area contributed by atoms with Crippen LogP contribution in [0.1, 0.15) is 16.7 Å². The van der Waals surface area contributed by atoms with Gasteiger partial charge in [0, 0.05) is 0 Å². The van der Waals surface area contributed by atoms with Gasteiger partial charge in [0.15, 0.2) is 0 Å². The molecule has 0 atom stereocenters. The molecular formula is C11H12O2. The summed E-state index contributed by atoms with van der Waals surface area (Å²) in [5, 5.41) is 8.57. The van der Waals surface area contributed by atoms with E-state index >= 15 is 0 Å². The van der Waals surface area contributed by atoms with Crippen molar-refractivity contribution in [2.45, 2.75) is 13.3 Å². The minimum atomic E-state index is -0.807. The van der Waals surface area contributed by atoms with Crippen LogP contribution in [0.15, 0.2) is 24.8 Å². The van der Waals surface area contributed by atoms with Gasteiger partial charge in [0.1, 0.15) is 0 Å². The molecule has 0 aliphatic heterocycles. The van der Waals surface area contributed by atoms with Crippen LogP contribution in [-0.2, 0) is 11.2 Å². The number of hydrogen-bond acceptors (Lipinski definition) is 1. The predicted molar refractivity (Wildman–Crippen MR) is 52.6 cm³/mol. The van der Waals surface area contributed by atoms with E-state index in [1.54, 1.807) is 6.08 Å². The van der Waals surface area contributed by atoms with Gasteiger partial charge < -0.3 is 5.11 Å². The van der Waals surface area contributed by atoms with Crippen LogP contribution in [0.2, 0.25) is 0 Å². The van der Waals surface area contributed by atoms with Gasteiger partial charge in [0.2, 0.25) is 0 Å². The summed E-state index contributed by atoms with van der Waals surface area (Å²) in [5.41, 5.74) is 2.93. The van der Waals surface area contributed by atoms with Gasteiger partial charge in [0.05, 0.1) is 6.42 Å². The van der Waals surface area contributed by atoms with Crippen molar-refractivity contribution < 1.29 is 9.90 Å². The standard InChI is InChI=1S/C11H12O2/c1-3-10-6-9(7-11(12)13)5-4-8(10)2/h3-6H,1,7H2,2H3,(H,12,13). The van der Waals surface area contributed by atoms with Crippen LogP contribution < -0.4 is 0 Å². The summed E-state index contributed by atoms with van der Waals surface area (Å²) in [6.45, 7) is 5.64. The third-order valence-electron chi connectivity index (χ3n) is 1.92. The summed E-state index contributed by atoms with van der Waals surface area (Å²) in [6, 6.07) is 5.60. The molecule has 0 saturated heterocycles. The first kappa shape index (κ1) is 9.52. The van der Waals surface area contributed by atoms with Gasteiger partial charge in [0.25, 0.3) is 0 Å². The van der Waals surface area contributed by atoms with E-state index in [2.05, 4.69) is 6.58 Å². The summed E-state index contributed by atoms with van der Waals surface area (Å²) < 4.78 is 0. The molecule has 0 aromatic heterocycles. The molecule has 2 heteroatoms. The van der Waals surface area contributed by atoms with E-state index in [1.165, 1.54) is 0 Å². The lowest BCUT2D eigenvalue weighted by Crippen LogP contribution is -2.00. The second-order valence-electron chi connectivity index (χ2n) is 2.97. The molecule has 2 nitrogen and oxygen atoms in total. The quantitative estimate of drug-likeness (QED) is 0.767. The van der Waals surface area contributed by atoms with Gasteiger partial charge in [-0.3, -0.25) is 4.79 Å². The van der Waals surface area contributed by atoms with Crippen molar-refractivity contribution in [1.82, 2.24) is 0 Å². The number of carboxylic acids is 1. The highest BCUT2D eigenvalue weighted by Crippen LogP contribution is 2.12. The Morgan fingerprint density at radius 2 is 2.31 bits per heavy atom. The highest BCUT2D eigenvalue weighted by Gasteiger charge is 2.01. The number of rotatable bonds is 3. The van der Waals surface area contributed by atoms with Crippen LogP contribution in [0.4, 0.5) is 0 Å². The van der Waals surface area contributed by atoms with E-state index in [0.717, 1.165) is 16.7 Å². The molecule has 1 aromatic rings. The number of carbonyl (C=O) groups is 1. The lowest BCUT2D eigenvalue weighted by molar-refractivity contribution is -0.136. The number of aryl methyl sites for hydroxylation is 1. The van der Waals surface area contributed by atoms with Gasteiger partial charge in [-0.1, -0.05) is 30.9 Å². The van der Waals surface area contributed by atoms with Crippen molar-refractivity contribution in [2.24, 2.45) is 0 Å². The SMILES string of the molecule is C=Cc1cc(CC(=O)O)ccc1C. The van der Waals surface area contributed by atoms with Gasteiger partial charge >= 0.3 is 5.97 Å². The molecule has 0 bridgehead atoms. The first-order valence-corrected chi connectivity index (χ1v) is 4.07. The third kappa shape index (κ3) is 2.44. The van der Waals surface area contributed by atoms with Gasteiger partial charge in [-0.15, -0.1) is 0 Å². The minimum Gasteiger partial charge on any atom is -0.481 e. The number of hydrogen-bond donors (Lipinski definition) is 1. The molecule has 0 unspecified atom stereocenters. The molecule has 0 heterocycles. The second kappa shape index (κ2) is 3.90. The molecule has 0 radical (unpaired) electrons. The third-order valence-corrected chi connectivity index (χ3v) is 1.92. The van der Waals surface area contributed by atoms with E-state index in [4.69, 9.17) is 5.11 Å². The Bertz CT molecular complexity index is 340. The van der Waals surface area contributed by atoms with Crippen LogP contribution in [0, 0.1) is 6.92 Å². The lowest BCUT2D eigenvalue weighted by atomic mass is 10.0. The monoisotopic (exact) mass is 176 g/mol. The van der Waals surface area contributed by atoms with Crippen LogP contribution in [0.5, 0.6) is 0 Å². The highest BCUT2D eigenvalue weighted by molar-refractivity contribution is 5.70. The molecule has 0 aliphatic carbocycles. The van der Waals surface area contributed by atoms with E-state index in [0.29, 0.717) is 0 Å². The highest BCUT2D eigenvalue weighted by atomic mass is 16.4. The van der Waals surface area contributed by atoms with Crippen molar-refractivity contribution in [3.8, 4) is 0 Å². The van der Waals surface area contributed by atoms with E-state index < -0.39 is 5.97 Å². The summed E-state index contributed by atoms with van der Waals surface area (Å²) >= 11 is 0. The molecule has 1 aromatic carbocycles. The summed E-state index contributed by atoms with van der Waals surface area (Å²) in [7, 11) is 0. The topological polar surface area (TPSA) is 37.3 Å². The fraction of sp³-hybridized carbons (Fsp3) is 0.182. The maximum Gasteiger partial charge on any atom is 0.307 e. The van der Waals surface area contributed by atoms with Crippen LogP contribution >= 0.6 is 0 Å². The average Bonchev–Trinajstić information content (AvgIpc) is 2.07. The molecule has 13 heavy (non-hydrogen) atoms. The van der Waals surface area contributed by atoms with E-state index in [1.807, 2.05) is 25.1 Å². The molecule has 0 spiro atoms. The summed E-state index contributed by atoms with van der Waals surface area (Å²) in [4.78, 5) is 10.4. The molecule has 0 amide bonds. The van der Waals surface area contributed by atoms with Crippen molar-refractivity contribution in [2.75, 3.05) is 0 Å². The average molecular weight is 176 g/mol. The summed E-state index contributed by atoms with van der Waals surface area (Å²) in [6.07, 6.45) is 1.81. The number of aliphatic carboxylic acids is 1. The fourth-order valence-corrected chi connectivity index (χ4v) is 1.19. The zero-order valence-electron chi connectivity index (χ0n) is 7.58. The molecule has 1 rings (SSSR count). The summed E-state index contributed by atoms with van der Waals surface area (Å²) in [5.74, 6) is -0.807. The Labute approximate surface area is 77.5 Å². The van der Waals surface area contributed by atoms with Crippen molar-refractivity contribution in [3.63, 3.8) is 0 Å². The zero-order chi connectivity index (χ0) is 9.84. The Morgan fingerprint density at radius 1 is 1.62 bits per heavy atom. The minimum absolute atomic E-state index is 0.0706.